The molecule has 2 fully saturated rings. The topological polar surface area (TPSA) is 24.3 Å². The van der Waals surface area contributed by atoms with Crippen LogP contribution in [0.2, 0.25) is 0 Å². The largest absolute Gasteiger partial charge is 0.328 e. The molecule has 3 heterocycles. The first kappa shape index (κ1) is 18.5. The van der Waals surface area contributed by atoms with Crippen molar-refractivity contribution in [1.82, 2.24) is 19.4 Å². The van der Waals surface area contributed by atoms with Crippen LogP contribution in [0.3, 0.4) is 0 Å². The van der Waals surface area contributed by atoms with Crippen molar-refractivity contribution in [2.75, 3.05) is 32.7 Å². The predicted octanol–water partition coefficient (Wildman–Crippen LogP) is 3.99. The van der Waals surface area contributed by atoms with Crippen LogP contribution in [0.15, 0.2) is 0 Å². The molecule has 1 aromatic heterocycles. The first-order valence-corrected chi connectivity index (χ1v) is 10.9. The van der Waals surface area contributed by atoms with Crippen LogP contribution in [-0.4, -0.2) is 52.1 Å². The Kier molecular flexibility index (Phi) is 4.94. The number of hydrogen-bond acceptors (Lipinski definition) is 3. The number of hydrogen-bond donors (Lipinski definition) is 0. The van der Waals surface area contributed by atoms with Crippen molar-refractivity contribution in [2.45, 2.75) is 78.3 Å². The Labute approximate surface area is 160 Å². The number of nitrogens with zero attached hydrogens (tertiary/aromatic N) is 4. The SMILES string of the molecule is Cc1nc2c(n1C(C)C)CN(CC1CC1)CC21CCN(CC(C)C)CC1. The number of aromatic nitrogens is 2. The summed E-state index contributed by atoms with van der Waals surface area (Å²) in [6, 6.07) is 0.505. The van der Waals surface area contributed by atoms with Crippen LogP contribution >= 0.6 is 0 Å². The van der Waals surface area contributed by atoms with Gasteiger partial charge in [0.2, 0.25) is 0 Å². The van der Waals surface area contributed by atoms with Gasteiger partial charge < -0.3 is 9.47 Å². The van der Waals surface area contributed by atoms with Gasteiger partial charge in [-0.2, -0.15) is 0 Å². The zero-order valence-corrected chi connectivity index (χ0v) is 17.6. The first-order chi connectivity index (χ1) is 12.4. The van der Waals surface area contributed by atoms with E-state index in [0.717, 1.165) is 18.4 Å². The Morgan fingerprint density at radius 1 is 1.08 bits per heavy atom. The van der Waals surface area contributed by atoms with E-state index in [9.17, 15) is 0 Å². The lowest BCUT2D eigenvalue weighted by Crippen LogP contribution is -2.53. The molecule has 1 saturated heterocycles. The summed E-state index contributed by atoms with van der Waals surface area (Å²) in [5.74, 6) is 2.95. The molecule has 1 aliphatic carbocycles. The Morgan fingerprint density at radius 2 is 1.77 bits per heavy atom. The molecule has 2 aliphatic heterocycles. The van der Waals surface area contributed by atoms with Gasteiger partial charge in [0.1, 0.15) is 5.82 Å². The van der Waals surface area contributed by atoms with Crippen LogP contribution in [0.1, 0.15) is 76.6 Å². The molecule has 0 aromatic carbocycles. The Balaban J connectivity index is 1.62. The molecule has 4 nitrogen and oxygen atoms in total. The molecule has 0 bridgehead atoms. The van der Waals surface area contributed by atoms with Gasteiger partial charge in [-0.25, -0.2) is 4.98 Å². The van der Waals surface area contributed by atoms with Crippen LogP contribution in [0.4, 0.5) is 0 Å². The Morgan fingerprint density at radius 3 is 2.35 bits per heavy atom. The van der Waals surface area contributed by atoms with Gasteiger partial charge in [-0.3, -0.25) is 4.90 Å². The fraction of sp³-hybridized carbons (Fsp3) is 0.864. The third kappa shape index (κ3) is 3.47. The molecule has 0 radical (unpaired) electrons. The van der Waals surface area contributed by atoms with E-state index < -0.39 is 0 Å². The number of likely N-dealkylation sites (tertiary alicyclic amines) is 1. The average molecular weight is 359 g/mol. The summed E-state index contributed by atoms with van der Waals surface area (Å²) in [4.78, 5) is 10.6. The van der Waals surface area contributed by atoms with E-state index in [1.807, 2.05) is 0 Å². The molecule has 4 heteroatoms. The van der Waals surface area contributed by atoms with Crippen LogP contribution in [0.25, 0.3) is 0 Å². The number of aryl methyl sites for hydroxylation is 1. The number of rotatable bonds is 5. The molecule has 1 aromatic rings. The minimum Gasteiger partial charge on any atom is -0.328 e. The standard InChI is InChI=1S/C22H38N4/c1-16(2)12-24-10-8-22(9-11-24)15-25(13-19-6-7-19)14-20-21(22)23-18(5)26(20)17(3)4/h16-17,19H,6-15H2,1-5H3. The molecule has 0 atom stereocenters. The summed E-state index contributed by atoms with van der Waals surface area (Å²) in [6.07, 6.45) is 5.45. The minimum absolute atomic E-state index is 0.293. The quantitative estimate of drug-likeness (QED) is 0.795. The van der Waals surface area contributed by atoms with E-state index in [-0.39, 0.29) is 0 Å². The molecule has 4 rings (SSSR count). The summed E-state index contributed by atoms with van der Waals surface area (Å²) in [5, 5.41) is 0. The van der Waals surface area contributed by atoms with Crippen LogP contribution in [0.5, 0.6) is 0 Å². The lowest BCUT2D eigenvalue weighted by Gasteiger charge is -2.47. The van der Waals surface area contributed by atoms with Gasteiger partial charge in [0.05, 0.1) is 11.4 Å². The molecule has 3 aliphatic rings. The molecule has 0 amide bonds. The van der Waals surface area contributed by atoms with Gasteiger partial charge in [-0.05, 0) is 71.4 Å². The highest BCUT2D eigenvalue weighted by atomic mass is 15.2. The number of piperidine rings is 1. The summed E-state index contributed by atoms with van der Waals surface area (Å²) in [6.45, 7) is 18.9. The zero-order chi connectivity index (χ0) is 18.5. The molecular weight excluding hydrogens is 320 g/mol. The monoisotopic (exact) mass is 358 g/mol. The van der Waals surface area contributed by atoms with Crippen molar-refractivity contribution in [3.8, 4) is 0 Å². The minimum atomic E-state index is 0.293. The normalized spacial score (nSPS) is 24.0. The number of fused-ring (bicyclic) bond motifs is 2. The summed E-state index contributed by atoms with van der Waals surface area (Å²) < 4.78 is 2.52. The second-order valence-electron chi connectivity index (χ2n) is 10.0. The second kappa shape index (κ2) is 6.94. The number of imidazole rings is 1. The van der Waals surface area contributed by atoms with Gasteiger partial charge in [0.25, 0.3) is 0 Å². The molecule has 1 saturated carbocycles. The fourth-order valence-electron chi connectivity index (χ4n) is 5.49. The predicted molar refractivity (Wildman–Crippen MR) is 108 cm³/mol. The maximum absolute atomic E-state index is 5.18. The maximum atomic E-state index is 5.18. The van der Waals surface area contributed by atoms with Gasteiger partial charge in [-0.15, -0.1) is 0 Å². The zero-order valence-electron chi connectivity index (χ0n) is 17.6. The van der Waals surface area contributed by atoms with Gasteiger partial charge in [0.15, 0.2) is 0 Å². The van der Waals surface area contributed by atoms with Crippen molar-refractivity contribution < 1.29 is 0 Å². The summed E-state index contributed by atoms with van der Waals surface area (Å²) in [5.41, 5.74) is 3.28. The highest BCUT2D eigenvalue weighted by Crippen LogP contribution is 2.43. The maximum Gasteiger partial charge on any atom is 0.106 e. The van der Waals surface area contributed by atoms with Crippen molar-refractivity contribution in [2.24, 2.45) is 11.8 Å². The van der Waals surface area contributed by atoms with E-state index in [0.29, 0.717) is 11.5 Å². The van der Waals surface area contributed by atoms with E-state index in [1.165, 1.54) is 75.6 Å². The Bertz CT molecular complexity index is 633. The second-order valence-corrected chi connectivity index (χ2v) is 10.0. The third-order valence-corrected chi connectivity index (χ3v) is 6.75. The third-order valence-electron chi connectivity index (χ3n) is 6.75. The van der Waals surface area contributed by atoms with E-state index in [1.54, 1.807) is 0 Å². The molecule has 0 N–H and O–H groups in total. The molecule has 0 unspecified atom stereocenters. The van der Waals surface area contributed by atoms with Crippen LogP contribution < -0.4 is 0 Å². The van der Waals surface area contributed by atoms with Gasteiger partial charge in [-0.1, -0.05) is 13.8 Å². The fourth-order valence-corrected chi connectivity index (χ4v) is 5.49. The van der Waals surface area contributed by atoms with Crippen LogP contribution in [-0.2, 0) is 12.0 Å². The van der Waals surface area contributed by atoms with Gasteiger partial charge in [0, 0.05) is 37.6 Å². The summed E-state index contributed by atoms with van der Waals surface area (Å²) >= 11 is 0. The van der Waals surface area contributed by atoms with Crippen molar-refractivity contribution in [1.29, 1.82) is 0 Å². The average Bonchev–Trinajstić information content (AvgIpc) is 3.29. The van der Waals surface area contributed by atoms with E-state index in [4.69, 9.17) is 4.98 Å². The lowest BCUT2D eigenvalue weighted by atomic mass is 9.72. The van der Waals surface area contributed by atoms with Crippen LogP contribution in [0, 0.1) is 18.8 Å². The van der Waals surface area contributed by atoms with Crippen molar-refractivity contribution in [3.63, 3.8) is 0 Å². The molecular formula is C22H38N4. The molecule has 1 spiro atoms. The van der Waals surface area contributed by atoms with Crippen molar-refractivity contribution >= 4 is 0 Å². The Hall–Kier alpha value is -0.870. The van der Waals surface area contributed by atoms with Gasteiger partial charge >= 0.3 is 0 Å². The van der Waals surface area contributed by atoms with E-state index >= 15 is 0 Å². The summed E-state index contributed by atoms with van der Waals surface area (Å²) in [7, 11) is 0. The lowest BCUT2D eigenvalue weighted by molar-refractivity contribution is 0.0853. The smallest absolute Gasteiger partial charge is 0.106 e. The van der Waals surface area contributed by atoms with E-state index in [2.05, 4.69) is 49.0 Å². The highest BCUT2D eigenvalue weighted by molar-refractivity contribution is 5.31. The van der Waals surface area contributed by atoms with Crippen molar-refractivity contribution in [3.05, 3.63) is 17.2 Å². The highest BCUT2D eigenvalue weighted by Gasteiger charge is 2.46. The molecule has 146 valence electrons. The molecule has 26 heavy (non-hydrogen) atoms. The first-order valence-electron chi connectivity index (χ1n) is 10.9.